The van der Waals surface area contributed by atoms with Crippen LogP contribution in [-0.4, -0.2) is 85.0 Å². The Morgan fingerprint density at radius 1 is 0.957 bits per heavy atom. The zero-order chi connectivity index (χ0) is 16.4. The molecule has 23 heavy (non-hydrogen) atoms. The number of hydrogen-bond acceptors (Lipinski definition) is 4. The molecule has 3 aliphatic rings. The van der Waals surface area contributed by atoms with Crippen molar-refractivity contribution in [3.05, 3.63) is 0 Å². The number of piperazine rings is 1. The second kappa shape index (κ2) is 7.18. The van der Waals surface area contributed by atoms with Crippen LogP contribution < -0.4 is 0 Å². The second-order valence-electron chi connectivity index (χ2n) is 7.20. The molecule has 0 N–H and O–H groups in total. The first-order valence-corrected chi connectivity index (χ1v) is 8.95. The molecule has 0 aromatic heterocycles. The molecule has 0 bridgehead atoms. The summed E-state index contributed by atoms with van der Waals surface area (Å²) in [6, 6.07) is 0.472. The van der Waals surface area contributed by atoms with Crippen molar-refractivity contribution in [3.63, 3.8) is 0 Å². The predicted octanol–water partition coefficient (Wildman–Crippen LogP) is 0.567. The highest BCUT2D eigenvalue weighted by atomic mass is 16.5. The molecular weight excluding hydrogens is 294 g/mol. The van der Waals surface area contributed by atoms with E-state index in [0.29, 0.717) is 38.8 Å². The van der Waals surface area contributed by atoms with Crippen LogP contribution in [0.3, 0.4) is 0 Å². The Bertz CT molecular complexity index is 442. The summed E-state index contributed by atoms with van der Waals surface area (Å²) in [6.07, 6.45) is 3.47. The molecule has 3 saturated heterocycles. The Morgan fingerprint density at radius 2 is 1.61 bits per heavy atom. The van der Waals surface area contributed by atoms with Crippen molar-refractivity contribution in [1.29, 1.82) is 0 Å². The number of carbonyl (C=O) groups excluding carboxylic acids is 2. The van der Waals surface area contributed by atoms with Gasteiger partial charge in [0.15, 0.2) is 0 Å². The Hall–Kier alpha value is -1.14. The summed E-state index contributed by atoms with van der Waals surface area (Å²) in [7, 11) is 2.13. The van der Waals surface area contributed by atoms with Gasteiger partial charge < -0.3 is 19.4 Å². The van der Waals surface area contributed by atoms with Gasteiger partial charge in [-0.3, -0.25) is 9.59 Å². The predicted molar refractivity (Wildman–Crippen MR) is 87.0 cm³/mol. The summed E-state index contributed by atoms with van der Waals surface area (Å²) < 4.78 is 5.48. The summed E-state index contributed by atoms with van der Waals surface area (Å²) >= 11 is 0. The number of piperidine rings is 1. The summed E-state index contributed by atoms with van der Waals surface area (Å²) in [4.78, 5) is 31.2. The van der Waals surface area contributed by atoms with Gasteiger partial charge in [-0.1, -0.05) is 0 Å². The molecule has 0 aromatic rings. The fraction of sp³-hybridized carbons (Fsp3) is 0.882. The third kappa shape index (κ3) is 3.69. The van der Waals surface area contributed by atoms with Gasteiger partial charge in [0.25, 0.3) is 5.91 Å². The van der Waals surface area contributed by atoms with Gasteiger partial charge in [0.05, 0.1) is 0 Å². The van der Waals surface area contributed by atoms with Crippen LogP contribution in [0.2, 0.25) is 0 Å². The minimum atomic E-state index is -0.244. The highest BCUT2D eigenvalue weighted by Gasteiger charge is 2.34. The van der Waals surface area contributed by atoms with Crippen molar-refractivity contribution < 1.29 is 14.3 Å². The van der Waals surface area contributed by atoms with Gasteiger partial charge in [0.1, 0.15) is 6.10 Å². The van der Waals surface area contributed by atoms with Crippen molar-refractivity contribution in [2.24, 2.45) is 5.92 Å². The second-order valence-corrected chi connectivity index (χ2v) is 7.20. The van der Waals surface area contributed by atoms with E-state index in [0.717, 1.165) is 32.2 Å². The molecule has 0 saturated carbocycles. The molecule has 2 amide bonds. The van der Waals surface area contributed by atoms with Crippen molar-refractivity contribution in [1.82, 2.24) is 14.7 Å². The van der Waals surface area contributed by atoms with Gasteiger partial charge in [-0.05, 0) is 46.2 Å². The summed E-state index contributed by atoms with van der Waals surface area (Å²) in [5.41, 5.74) is 0. The van der Waals surface area contributed by atoms with Crippen molar-refractivity contribution >= 4 is 11.8 Å². The largest absolute Gasteiger partial charge is 0.368 e. The first kappa shape index (κ1) is 16.7. The topological polar surface area (TPSA) is 53.1 Å². The number of likely N-dealkylation sites (tertiary alicyclic amines) is 1. The number of amides is 2. The van der Waals surface area contributed by atoms with Gasteiger partial charge in [-0.15, -0.1) is 0 Å². The Balaban J connectivity index is 1.48. The lowest BCUT2D eigenvalue weighted by molar-refractivity contribution is -0.148. The van der Waals surface area contributed by atoms with Gasteiger partial charge in [-0.2, -0.15) is 0 Å². The van der Waals surface area contributed by atoms with Gasteiger partial charge in [-0.25, -0.2) is 0 Å². The van der Waals surface area contributed by atoms with Crippen LogP contribution in [0.15, 0.2) is 0 Å². The highest BCUT2D eigenvalue weighted by Crippen LogP contribution is 2.24. The molecule has 0 aromatic carbocycles. The zero-order valence-electron chi connectivity index (χ0n) is 14.4. The molecular formula is C17H29N3O3. The van der Waals surface area contributed by atoms with Gasteiger partial charge >= 0.3 is 0 Å². The third-order valence-corrected chi connectivity index (χ3v) is 5.67. The van der Waals surface area contributed by atoms with Crippen LogP contribution in [0.4, 0.5) is 0 Å². The quantitative estimate of drug-likeness (QED) is 0.745. The fourth-order valence-electron chi connectivity index (χ4n) is 3.90. The van der Waals surface area contributed by atoms with Crippen molar-refractivity contribution in [2.45, 2.75) is 44.8 Å². The van der Waals surface area contributed by atoms with E-state index >= 15 is 0 Å². The number of ether oxygens (including phenoxy) is 1. The van der Waals surface area contributed by atoms with E-state index in [-0.39, 0.29) is 23.8 Å². The molecule has 0 radical (unpaired) electrons. The van der Waals surface area contributed by atoms with E-state index in [9.17, 15) is 9.59 Å². The minimum Gasteiger partial charge on any atom is -0.368 e. The molecule has 6 nitrogen and oxygen atoms in total. The van der Waals surface area contributed by atoms with Crippen LogP contribution in [0.25, 0.3) is 0 Å². The van der Waals surface area contributed by atoms with Crippen molar-refractivity contribution in [2.75, 3.05) is 46.4 Å². The molecule has 0 spiro atoms. The SMILES string of the molecule is C[C@H]1C[C@@H](C(=O)N2CCN(C(=O)[C@H]3CCCO3)CC2)CCN1C. The summed E-state index contributed by atoms with van der Waals surface area (Å²) in [6.45, 7) is 6.51. The average molecular weight is 323 g/mol. The number of nitrogens with zero attached hydrogens (tertiary/aromatic N) is 3. The van der Waals surface area contributed by atoms with Gasteiger partial charge in [0, 0.05) is 44.7 Å². The first-order valence-electron chi connectivity index (χ1n) is 8.95. The summed E-state index contributed by atoms with van der Waals surface area (Å²) in [5.74, 6) is 0.554. The van der Waals surface area contributed by atoms with E-state index in [1.807, 2.05) is 9.80 Å². The van der Waals surface area contributed by atoms with Crippen LogP contribution in [0.1, 0.15) is 32.6 Å². The molecule has 3 heterocycles. The first-order chi connectivity index (χ1) is 11.1. The number of rotatable bonds is 2. The van der Waals surface area contributed by atoms with Crippen LogP contribution in [0, 0.1) is 5.92 Å². The molecule has 3 rings (SSSR count). The lowest BCUT2D eigenvalue weighted by Gasteiger charge is -2.40. The maximum absolute atomic E-state index is 12.7. The van der Waals surface area contributed by atoms with Gasteiger partial charge in [0.2, 0.25) is 5.91 Å². The molecule has 0 aliphatic carbocycles. The normalized spacial score (nSPS) is 33.0. The standard InChI is InChI=1S/C17H29N3O3/c1-13-12-14(5-6-18(13)2)16(21)19-7-9-20(10-8-19)17(22)15-4-3-11-23-15/h13-15H,3-12H2,1-2H3/t13-,14-,15+/m0/s1. The van der Waals surface area contributed by atoms with E-state index < -0.39 is 0 Å². The Labute approximate surface area is 138 Å². The maximum atomic E-state index is 12.7. The molecule has 130 valence electrons. The van der Waals surface area contributed by atoms with E-state index in [4.69, 9.17) is 4.74 Å². The summed E-state index contributed by atoms with van der Waals surface area (Å²) in [5, 5.41) is 0. The van der Waals surface area contributed by atoms with Crippen LogP contribution in [0.5, 0.6) is 0 Å². The van der Waals surface area contributed by atoms with Crippen LogP contribution >= 0.6 is 0 Å². The van der Waals surface area contributed by atoms with Crippen molar-refractivity contribution in [3.8, 4) is 0 Å². The Morgan fingerprint density at radius 3 is 2.17 bits per heavy atom. The van der Waals surface area contributed by atoms with E-state index in [2.05, 4.69) is 18.9 Å². The average Bonchev–Trinajstić information content (AvgIpc) is 3.11. The Kier molecular flexibility index (Phi) is 5.21. The van der Waals surface area contributed by atoms with E-state index in [1.54, 1.807) is 0 Å². The smallest absolute Gasteiger partial charge is 0.251 e. The number of carbonyl (C=O) groups is 2. The lowest BCUT2D eigenvalue weighted by Crippen LogP contribution is -2.54. The molecule has 6 heteroatoms. The molecule has 3 atom stereocenters. The maximum Gasteiger partial charge on any atom is 0.251 e. The molecule has 0 unspecified atom stereocenters. The van der Waals surface area contributed by atoms with E-state index in [1.165, 1.54) is 0 Å². The third-order valence-electron chi connectivity index (χ3n) is 5.67. The lowest BCUT2D eigenvalue weighted by atomic mass is 9.90. The minimum absolute atomic E-state index is 0.113. The number of hydrogen-bond donors (Lipinski definition) is 0. The molecule has 3 aliphatic heterocycles. The molecule has 3 fully saturated rings. The monoisotopic (exact) mass is 323 g/mol. The highest BCUT2D eigenvalue weighted by molar-refractivity contribution is 5.82. The zero-order valence-corrected chi connectivity index (χ0v) is 14.4. The van der Waals surface area contributed by atoms with Crippen LogP contribution in [-0.2, 0) is 14.3 Å². The fourth-order valence-corrected chi connectivity index (χ4v) is 3.90.